The molecule has 0 aliphatic carbocycles. The Morgan fingerprint density at radius 3 is 2.80 bits per heavy atom. The number of thiazole rings is 1. The van der Waals surface area contributed by atoms with Crippen LogP contribution in [-0.2, 0) is 16.2 Å². The predicted octanol–water partition coefficient (Wildman–Crippen LogP) is 1.64. The van der Waals surface area contributed by atoms with Gasteiger partial charge in [-0.15, -0.1) is 11.3 Å². The van der Waals surface area contributed by atoms with Crippen LogP contribution in [0.15, 0.2) is 24.5 Å². The van der Waals surface area contributed by atoms with E-state index >= 15 is 0 Å². The number of nitrogens with zero attached hydrogens (tertiary/aromatic N) is 2. The summed E-state index contributed by atoms with van der Waals surface area (Å²) in [6.07, 6.45) is 5.26. The molecule has 0 radical (unpaired) electrons. The zero-order valence-corrected chi connectivity index (χ0v) is 15.3. The van der Waals surface area contributed by atoms with Crippen molar-refractivity contribution in [1.29, 1.82) is 5.41 Å². The Balaban J connectivity index is 2.34. The van der Waals surface area contributed by atoms with E-state index in [-0.39, 0.29) is 5.71 Å². The topological polar surface area (TPSA) is 114 Å². The molecule has 1 amide bonds. The van der Waals surface area contributed by atoms with Gasteiger partial charge in [0.15, 0.2) is 0 Å². The second kappa shape index (κ2) is 8.19. The van der Waals surface area contributed by atoms with Crippen LogP contribution in [0, 0.1) is 18.2 Å². The van der Waals surface area contributed by atoms with Crippen LogP contribution in [0.3, 0.4) is 0 Å². The minimum Gasteiger partial charge on any atom is -0.593 e. The van der Waals surface area contributed by atoms with Gasteiger partial charge >= 0.3 is 5.91 Å². The molecule has 0 spiro atoms. The zero-order valence-electron chi connectivity index (χ0n) is 13.7. The number of carbonyl (C=O) groups is 1. The van der Waals surface area contributed by atoms with Crippen molar-refractivity contribution in [1.82, 2.24) is 20.0 Å². The van der Waals surface area contributed by atoms with Gasteiger partial charge in [0.1, 0.15) is 22.8 Å². The molecule has 0 aliphatic rings. The first kappa shape index (κ1) is 19.0. The van der Waals surface area contributed by atoms with Crippen LogP contribution in [-0.4, -0.2) is 39.4 Å². The van der Waals surface area contributed by atoms with E-state index in [0.29, 0.717) is 26.8 Å². The monoisotopic (exact) mass is 381 g/mol. The van der Waals surface area contributed by atoms with Gasteiger partial charge in [0, 0.05) is 18.8 Å². The summed E-state index contributed by atoms with van der Waals surface area (Å²) >= 11 is -0.263. The first-order chi connectivity index (χ1) is 11.8. The molecule has 0 aromatic carbocycles. The molecular formula is C15H16FN5O2S2. The molecule has 25 heavy (non-hydrogen) atoms. The largest absolute Gasteiger partial charge is 0.593 e. The molecule has 0 saturated carbocycles. The highest BCUT2D eigenvalue weighted by atomic mass is 32.2. The van der Waals surface area contributed by atoms with Crippen LogP contribution in [0.25, 0.3) is 16.3 Å². The van der Waals surface area contributed by atoms with E-state index in [2.05, 4.69) is 20.0 Å². The minimum atomic E-state index is -1.55. The third kappa shape index (κ3) is 4.84. The average molecular weight is 381 g/mol. The summed E-state index contributed by atoms with van der Waals surface area (Å²) in [5.74, 6) is -1.20. The predicted molar refractivity (Wildman–Crippen MR) is 97.0 cm³/mol. The van der Waals surface area contributed by atoms with E-state index < -0.39 is 23.1 Å². The Labute approximate surface area is 151 Å². The summed E-state index contributed by atoms with van der Waals surface area (Å²) in [5, 5.41) is 11.3. The maximum absolute atomic E-state index is 13.3. The van der Waals surface area contributed by atoms with E-state index in [1.165, 1.54) is 35.9 Å². The molecule has 0 bridgehead atoms. The molecule has 0 fully saturated rings. The highest BCUT2D eigenvalue weighted by Gasteiger charge is 2.17. The molecule has 2 heterocycles. The normalized spacial score (nSPS) is 12.6. The maximum Gasteiger partial charge on any atom is 0.309 e. The molecule has 7 nitrogen and oxygen atoms in total. The number of rotatable bonds is 6. The summed E-state index contributed by atoms with van der Waals surface area (Å²) < 4.78 is 26.5. The van der Waals surface area contributed by atoms with Gasteiger partial charge in [-0.3, -0.25) is 15.2 Å². The summed E-state index contributed by atoms with van der Waals surface area (Å²) in [4.78, 5) is 20.6. The van der Waals surface area contributed by atoms with Gasteiger partial charge in [-0.2, -0.15) is 4.72 Å². The van der Waals surface area contributed by atoms with Crippen LogP contribution in [0.4, 0.5) is 4.39 Å². The van der Waals surface area contributed by atoms with E-state index in [0.717, 1.165) is 6.20 Å². The molecule has 2 aromatic heterocycles. The minimum absolute atomic E-state index is 0.346. The van der Waals surface area contributed by atoms with Crippen molar-refractivity contribution in [3.05, 3.63) is 40.9 Å². The lowest BCUT2D eigenvalue weighted by atomic mass is 10.2. The van der Waals surface area contributed by atoms with Crippen molar-refractivity contribution in [2.75, 3.05) is 13.3 Å². The Morgan fingerprint density at radius 1 is 1.48 bits per heavy atom. The van der Waals surface area contributed by atoms with Gasteiger partial charge in [0.2, 0.25) is 0 Å². The molecule has 2 aromatic rings. The first-order valence-corrected chi connectivity index (χ1v) is 9.40. The van der Waals surface area contributed by atoms with Crippen LogP contribution < -0.4 is 10.0 Å². The standard InChI is InChI=1S/C15H16FN5O2S2/c1-8-13(12(18-2)5-11(17)14(22)21-25(3)23)24-15(20-8)9-4-10(16)7-19-6-9/h4-7,17-18H,1-3H3,(H,21,22)/b12-5-,17-11?. The van der Waals surface area contributed by atoms with E-state index in [1.54, 1.807) is 14.0 Å². The van der Waals surface area contributed by atoms with Gasteiger partial charge in [0.05, 0.1) is 33.8 Å². The lowest BCUT2D eigenvalue weighted by Gasteiger charge is -2.07. The summed E-state index contributed by atoms with van der Waals surface area (Å²) in [6, 6.07) is 1.34. The Kier molecular flexibility index (Phi) is 6.23. The van der Waals surface area contributed by atoms with Crippen molar-refractivity contribution in [3.63, 3.8) is 0 Å². The number of carbonyl (C=O) groups excluding carboxylic acids is 1. The first-order valence-electron chi connectivity index (χ1n) is 7.03. The number of halogens is 1. The Bertz CT molecular complexity index is 835. The molecule has 0 aliphatic heterocycles. The highest BCUT2D eigenvalue weighted by Crippen LogP contribution is 2.31. The summed E-state index contributed by atoms with van der Waals surface area (Å²) in [6.45, 7) is 1.78. The second-order valence-corrected chi connectivity index (χ2v) is 7.04. The van der Waals surface area contributed by atoms with Gasteiger partial charge in [-0.05, 0) is 19.1 Å². The SMILES string of the molecule is CN/C(=C\C(=N)C(=O)N[S+](C)[O-])c1sc(-c2cncc(F)c2)nc1C. The molecule has 3 N–H and O–H groups in total. The molecule has 1 atom stereocenters. The van der Waals surface area contributed by atoms with Gasteiger partial charge in [0.25, 0.3) is 0 Å². The summed E-state index contributed by atoms with van der Waals surface area (Å²) in [7, 11) is 1.65. The number of hydrogen-bond acceptors (Lipinski definition) is 7. The van der Waals surface area contributed by atoms with Crippen LogP contribution in [0.5, 0.6) is 0 Å². The number of nitrogens with one attached hydrogen (secondary N) is 3. The number of hydrogen-bond donors (Lipinski definition) is 3. The van der Waals surface area contributed by atoms with Crippen LogP contribution >= 0.6 is 11.3 Å². The van der Waals surface area contributed by atoms with Crippen molar-refractivity contribution < 1.29 is 13.7 Å². The molecule has 132 valence electrons. The molecule has 10 heteroatoms. The number of aryl methyl sites for hydroxylation is 1. The number of amides is 1. The lowest BCUT2D eigenvalue weighted by Crippen LogP contribution is -2.34. The van der Waals surface area contributed by atoms with Gasteiger partial charge in [-0.1, -0.05) is 0 Å². The second-order valence-electron chi connectivity index (χ2n) is 4.93. The fourth-order valence-corrected chi connectivity index (χ4v) is 3.39. The van der Waals surface area contributed by atoms with E-state index in [4.69, 9.17) is 5.41 Å². The van der Waals surface area contributed by atoms with Gasteiger partial charge in [-0.25, -0.2) is 9.37 Å². The smallest absolute Gasteiger partial charge is 0.309 e. The van der Waals surface area contributed by atoms with Crippen molar-refractivity contribution >= 4 is 40.0 Å². The van der Waals surface area contributed by atoms with Crippen LogP contribution in [0.1, 0.15) is 10.6 Å². The number of pyridine rings is 1. The lowest BCUT2D eigenvalue weighted by molar-refractivity contribution is -0.113. The van der Waals surface area contributed by atoms with Crippen LogP contribution in [0.2, 0.25) is 0 Å². The molecular weight excluding hydrogens is 365 g/mol. The molecule has 2 rings (SSSR count). The highest BCUT2D eigenvalue weighted by molar-refractivity contribution is 7.89. The maximum atomic E-state index is 13.3. The number of aromatic nitrogens is 2. The quantitative estimate of drug-likeness (QED) is 0.520. The van der Waals surface area contributed by atoms with E-state index in [1.807, 2.05) is 0 Å². The van der Waals surface area contributed by atoms with Gasteiger partial charge < -0.3 is 9.87 Å². The fraction of sp³-hybridized carbons (Fsp3) is 0.200. The van der Waals surface area contributed by atoms with E-state index in [9.17, 15) is 13.7 Å². The van der Waals surface area contributed by atoms with Crippen molar-refractivity contribution in [2.45, 2.75) is 6.92 Å². The molecule has 1 unspecified atom stereocenters. The average Bonchev–Trinajstić information content (AvgIpc) is 2.93. The Hall–Kier alpha value is -2.30. The third-order valence-corrected chi connectivity index (χ3v) is 4.74. The Morgan fingerprint density at radius 2 is 2.20 bits per heavy atom. The molecule has 0 saturated heterocycles. The third-order valence-electron chi connectivity index (χ3n) is 3.03. The van der Waals surface area contributed by atoms with Crippen molar-refractivity contribution in [3.8, 4) is 10.6 Å². The fourth-order valence-electron chi connectivity index (χ4n) is 1.95. The zero-order chi connectivity index (χ0) is 18.6. The summed E-state index contributed by atoms with van der Waals surface area (Å²) in [5.41, 5.74) is 1.37. The van der Waals surface area contributed by atoms with Crippen molar-refractivity contribution in [2.24, 2.45) is 0 Å².